The third-order valence-corrected chi connectivity index (χ3v) is 2.55. The summed E-state index contributed by atoms with van der Waals surface area (Å²) in [7, 11) is 1.13. The van der Waals surface area contributed by atoms with Crippen molar-refractivity contribution in [2.45, 2.75) is 26.1 Å². The Morgan fingerprint density at radius 1 is 1.23 bits per heavy atom. The largest absolute Gasteiger partial charge is 0.466 e. The van der Waals surface area contributed by atoms with Gasteiger partial charge in [0.2, 0.25) is 0 Å². The zero-order valence-electron chi connectivity index (χ0n) is 12.2. The van der Waals surface area contributed by atoms with Gasteiger partial charge in [-0.25, -0.2) is 9.59 Å². The molecule has 1 aromatic carbocycles. The SMILES string of the molecule is COC(=O)/C=C/c1cccc(C(F)(F)F)c1C(=O)OC(C)C. The van der Waals surface area contributed by atoms with Crippen LogP contribution in [0.3, 0.4) is 0 Å². The molecule has 0 aromatic heterocycles. The molecule has 0 radical (unpaired) electrons. The molecule has 0 N–H and O–H groups in total. The van der Waals surface area contributed by atoms with Crippen LogP contribution >= 0.6 is 0 Å². The van der Waals surface area contributed by atoms with E-state index in [0.717, 1.165) is 31.4 Å². The van der Waals surface area contributed by atoms with Gasteiger partial charge in [-0.3, -0.25) is 0 Å². The van der Waals surface area contributed by atoms with E-state index in [9.17, 15) is 22.8 Å². The molecule has 0 saturated heterocycles. The summed E-state index contributed by atoms with van der Waals surface area (Å²) < 4.78 is 48.4. The average molecular weight is 316 g/mol. The smallest absolute Gasteiger partial charge is 0.417 e. The molecule has 0 aliphatic carbocycles. The topological polar surface area (TPSA) is 52.6 Å². The molecule has 0 fully saturated rings. The van der Waals surface area contributed by atoms with E-state index in [0.29, 0.717) is 0 Å². The molecule has 0 amide bonds. The number of ether oxygens (including phenoxy) is 2. The van der Waals surface area contributed by atoms with Gasteiger partial charge in [-0.2, -0.15) is 13.2 Å². The van der Waals surface area contributed by atoms with Crippen molar-refractivity contribution >= 4 is 18.0 Å². The van der Waals surface area contributed by atoms with Crippen LogP contribution in [0.5, 0.6) is 0 Å². The van der Waals surface area contributed by atoms with E-state index >= 15 is 0 Å². The lowest BCUT2D eigenvalue weighted by atomic mass is 10.00. The first-order valence-electron chi connectivity index (χ1n) is 6.34. The number of rotatable bonds is 4. The number of esters is 2. The molecule has 0 saturated carbocycles. The van der Waals surface area contributed by atoms with Crippen LogP contribution in [0.25, 0.3) is 6.08 Å². The number of methoxy groups -OCH3 is 1. The maximum absolute atomic E-state index is 13.1. The maximum atomic E-state index is 13.1. The molecule has 22 heavy (non-hydrogen) atoms. The normalized spacial score (nSPS) is 11.8. The van der Waals surface area contributed by atoms with Crippen LogP contribution in [0.4, 0.5) is 13.2 Å². The minimum atomic E-state index is -4.72. The van der Waals surface area contributed by atoms with E-state index < -0.39 is 35.3 Å². The Kier molecular flexibility index (Phi) is 5.73. The number of alkyl halides is 3. The first-order chi connectivity index (χ1) is 10.2. The minimum absolute atomic E-state index is 0.0779. The lowest BCUT2D eigenvalue weighted by molar-refractivity contribution is -0.138. The Labute approximate surface area is 125 Å². The molecule has 0 spiro atoms. The minimum Gasteiger partial charge on any atom is -0.466 e. The maximum Gasteiger partial charge on any atom is 0.417 e. The van der Waals surface area contributed by atoms with Crippen molar-refractivity contribution < 1.29 is 32.2 Å². The van der Waals surface area contributed by atoms with E-state index in [1.165, 1.54) is 19.9 Å². The van der Waals surface area contributed by atoms with Crippen molar-refractivity contribution in [2.24, 2.45) is 0 Å². The summed E-state index contributed by atoms with van der Waals surface area (Å²) in [5, 5.41) is 0. The number of halogens is 3. The Morgan fingerprint density at radius 2 is 1.86 bits per heavy atom. The number of carbonyl (C=O) groups excluding carboxylic acids is 2. The van der Waals surface area contributed by atoms with E-state index in [1.807, 2.05) is 0 Å². The lowest BCUT2D eigenvalue weighted by Crippen LogP contribution is -2.19. The summed E-state index contributed by atoms with van der Waals surface area (Å²) in [6.07, 6.45) is -3.29. The monoisotopic (exact) mass is 316 g/mol. The molecule has 4 nitrogen and oxygen atoms in total. The van der Waals surface area contributed by atoms with Gasteiger partial charge >= 0.3 is 18.1 Å². The molecule has 0 heterocycles. The van der Waals surface area contributed by atoms with Crippen molar-refractivity contribution in [2.75, 3.05) is 7.11 Å². The number of carbonyl (C=O) groups is 2. The van der Waals surface area contributed by atoms with Crippen molar-refractivity contribution in [3.8, 4) is 0 Å². The quantitative estimate of drug-likeness (QED) is 0.630. The van der Waals surface area contributed by atoms with Gasteiger partial charge in [-0.15, -0.1) is 0 Å². The van der Waals surface area contributed by atoms with Crippen molar-refractivity contribution in [3.05, 3.63) is 41.0 Å². The summed E-state index contributed by atoms with van der Waals surface area (Å²) in [6, 6.07) is 3.21. The zero-order valence-corrected chi connectivity index (χ0v) is 12.2. The number of hydrogen-bond donors (Lipinski definition) is 0. The molecule has 7 heteroatoms. The molecular formula is C15H15F3O4. The van der Waals surface area contributed by atoms with Crippen LogP contribution in [0.2, 0.25) is 0 Å². The number of hydrogen-bond acceptors (Lipinski definition) is 4. The first kappa shape index (κ1) is 17.7. The molecular weight excluding hydrogens is 301 g/mol. The second kappa shape index (κ2) is 7.11. The molecule has 0 bridgehead atoms. The molecule has 1 aromatic rings. The highest BCUT2D eigenvalue weighted by molar-refractivity contribution is 5.97. The van der Waals surface area contributed by atoms with Gasteiger partial charge in [0.15, 0.2) is 0 Å². The van der Waals surface area contributed by atoms with Gasteiger partial charge in [0.25, 0.3) is 0 Å². The second-order valence-corrected chi connectivity index (χ2v) is 4.58. The van der Waals surface area contributed by atoms with Crippen LogP contribution in [-0.4, -0.2) is 25.2 Å². The summed E-state index contributed by atoms with van der Waals surface area (Å²) in [4.78, 5) is 23.1. The molecule has 0 unspecified atom stereocenters. The van der Waals surface area contributed by atoms with Crippen LogP contribution < -0.4 is 0 Å². The van der Waals surface area contributed by atoms with Crippen molar-refractivity contribution in [1.82, 2.24) is 0 Å². The fourth-order valence-electron chi connectivity index (χ4n) is 1.67. The Bertz CT molecular complexity index is 589. The molecule has 0 atom stereocenters. The van der Waals surface area contributed by atoms with Crippen LogP contribution in [0, 0.1) is 0 Å². The zero-order chi connectivity index (χ0) is 16.9. The Morgan fingerprint density at radius 3 is 2.36 bits per heavy atom. The molecule has 0 aliphatic heterocycles. The third-order valence-electron chi connectivity index (χ3n) is 2.55. The fourth-order valence-corrected chi connectivity index (χ4v) is 1.67. The fraction of sp³-hybridized carbons (Fsp3) is 0.333. The van der Waals surface area contributed by atoms with E-state index in [4.69, 9.17) is 4.74 Å². The van der Waals surface area contributed by atoms with Crippen LogP contribution in [0.1, 0.15) is 35.3 Å². The van der Waals surface area contributed by atoms with Crippen molar-refractivity contribution in [1.29, 1.82) is 0 Å². The van der Waals surface area contributed by atoms with Gasteiger partial charge in [0, 0.05) is 6.08 Å². The number of benzene rings is 1. The predicted octanol–water partition coefficient (Wildman–Crippen LogP) is 3.46. The third kappa shape index (κ3) is 4.61. The summed E-state index contributed by atoms with van der Waals surface area (Å²) in [5.41, 5.74) is -1.83. The molecule has 0 aliphatic rings. The van der Waals surface area contributed by atoms with Gasteiger partial charge in [-0.05, 0) is 31.6 Å². The second-order valence-electron chi connectivity index (χ2n) is 4.58. The highest BCUT2D eigenvalue weighted by Gasteiger charge is 2.36. The highest BCUT2D eigenvalue weighted by atomic mass is 19.4. The standard InChI is InChI=1S/C15H15F3O4/c1-9(2)22-14(20)13-10(7-8-12(19)21-3)5-4-6-11(13)15(16,17)18/h4-9H,1-3H3/b8-7+. The Hall–Kier alpha value is -2.31. The average Bonchev–Trinajstić information content (AvgIpc) is 2.42. The summed E-state index contributed by atoms with van der Waals surface area (Å²) in [5.74, 6) is -1.85. The van der Waals surface area contributed by atoms with Gasteiger partial charge < -0.3 is 9.47 Å². The predicted molar refractivity (Wildman–Crippen MR) is 73.0 cm³/mol. The first-order valence-corrected chi connectivity index (χ1v) is 6.34. The van der Waals surface area contributed by atoms with Gasteiger partial charge in [0.1, 0.15) is 0 Å². The van der Waals surface area contributed by atoms with Crippen LogP contribution in [0.15, 0.2) is 24.3 Å². The van der Waals surface area contributed by atoms with E-state index in [-0.39, 0.29) is 5.56 Å². The molecule has 1 rings (SSSR count). The van der Waals surface area contributed by atoms with Crippen LogP contribution in [-0.2, 0) is 20.4 Å². The van der Waals surface area contributed by atoms with E-state index in [2.05, 4.69) is 4.74 Å². The van der Waals surface area contributed by atoms with Gasteiger partial charge in [0.05, 0.1) is 24.3 Å². The Balaban J connectivity index is 3.41. The van der Waals surface area contributed by atoms with Crippen molar-refractivity contribution in [3.63, 3.8) is 0 Å². The van der Waals surface area contributed by atoms with E-state index in [1.54, 1.807) is 0 Å². The molecule has 120 valence electrons. The summed E-state index contributed by atoms with van der Waals surface area (Å²) >= 11 is 0. The lowest BCUT2D eigenvalue weighted by Gasteiger charge is -2.16. The highest BCUT2D eigenvalue weighted by Crippen LogP contribution is 2.34. The summed E-state index contributed by atoms with van der Waals surface area (Å²) in [6.45, 7) is 3.05. The van der Waals surface area contributed by atoms with Gasteiger partial charge in [-0.1, -0.05) is 12.1 Å².